The van der Waals surface area contributed by atoms with Crippen molar-refractivity contribution in [3.63, 3.8) is 0 Å². The second-order valence-corrected chi connectivity index (χ2v) is 10.5. The van der Waals surface area contributed by atoms with E-state index in [1.807, 2.05) is 18.3 Å². The molecule has 6 heteroatoms. The van der Waals surface area contributed by atoms with Crippen molar-refractivity contribution in [1.29, 1.82) is 0 Å². The number of aromatic nitrogens is 2. The third-order valence-electron chi connectivity index (χ3n) is 8.39. The summed E-state index contributed by atoms with van der Waals surface area (Å²) in [5.74, 6) is 1.64. The Morgan fingerprint density at radius 3 is 2.31 bits per heavy atom. The van der Waals surface area contributed by atoms with E-state index in [0.717, 1.165) is 77.4 Å². The van der Waals surface area contributed by atoms with Crippen molar-refractivity contribution in [2.45, 2.75) is 32.4 Å². The van der Waals surface area contributed by atoms with Gasteiger partial charge in [-0.15, -0.1) is 0 Å². The van der Waals surface area contributed by atoms with Gasteiger partial charge in [0.05, 0.1) is 0 Å². The molecule has 2 saturated heterocycles. The summed E-state index contributed by atoms with van der Waals surface area (Å²) >= 11 is 0. The van der Waals surface area contributed by atoms with Crippen LogP contribution in [0.4, 0.5) is 0 Å². The van der Waals surface area contributed by atoms with Crippen molar-refractivity contribution >= 4 is 5.91 Å². The first-order chi connectivity index (χ1) is 17.2. The molecule has 0 radical (unpaired) electrons. The van der Waals surface area contributed by atoms with E-state index in [-0.39, 0.29) is 11.3 Å². The zero-order chi connectivity index (χ0) is 23.7. The number of carbonyl (C=O) groups is 1. The summed E-state index contributed by atoms with van der Waals surface area (Å²) in [5, 5.41) is 0. The molecule has 1 unspecified atom stereocenters. The second kappa shape index (κ2) is 9.59. The topological polar surface area (TPSA) is 44.6 Å². The van der Waals surface area contributed by atoms with Crippen LogP contribution in [-0.2, 0) is 17.9 Å². The number of rotatable bonds is 6. The third-order valence-corrected chi connectivity index (χ3v) is 8.39. The number of hydrogen-bond acceptors (Lipinski definition) is 4. The van der Waals surface area contributed by atoms with Gasteiger partial charge in [-0.2, -0.15) is 0 Å². The number of piperazine rings is 1. The number of benzene rings is 1. The quantitative estimate of drug-likeness (QED) is 0.551. The molecule has 6 rings (SSSR count). The molecule has 2 aromatic heterocycles. The minimum absolute atomic E-state index is 0.253. The molecular formula is C29H35N5O. The Bertz CT molecular complexity index is 1130. The van der Waals surface area contributed by atoms with E-state index >= 15 is 0 Å². The summed E-state index contributed by atoms with van der Waals surface area (Å²) in [6.45, 7) is 7.75. The van der Waals surface area contributed by atoms with Crippen LogP contribution in [0.25, 0.3) is 5.82 Å². The number of amides is 1. The first-order valence-corrected chi connectivity index (χ1v) is 13.1. The van der Waals surface area contributed by atoms with E-state index in [9.17, 15) is 4.79 Å². The molecular weight excluding hydrogens is 434 g/mol. The predicted octanol–water partition coefficient (Wildman–Crippen LogP) is 3.82. The average molecular weight is 470 g/mol. The number of piperidine rings is 1. The Morgan fingerprint density at radius 1 is 0.829 bits per heavy atom. The Balaban J connectivity index is 0.985. The van der Waals surface area contributed by atoms with Gasteiger partial charge in [-0.1, -0.05) is 36.4 Å². The van der Waals surface area contributed by atoms with Gasteiger partial charge in [0.1, 0.15) is 5.82 Å². The molecule has 182 valence electrons. The Kier molecular flexibility index (Phi) is 6.17. The summed E-state index contributed by atoms with van der Waals surface area (Å²) in [6.07, 6.45) is 7.31. The van der Waals surface area contributed by atoms with Crippen molar-refractivity contribution < 1.29 is 4.79 Å². The maximum Gasteiger partial charge on any atom is 0.226 e. The van der Waals surface area contributed by atoms with Crippen LogP contribution in [0.3, 0.4) is 0 Å². The zero-order valence-corrected chi connectivity index (χ0v) is 20.4. The highest BCUT2D eigenvalue weighted by Crippen LogP contribution is 2.60. The fraction of sp³-hybridized carbons (Fsp3) is 0.448. The van der Waals surface area contributed by atoms with Gasteiger partial charge in [0, 0.05) is 63.3 Å². The molecule has 4 heterocycles. The zero-order valence-electron chi connectivity index (χ0n) is 20.4. The maximum atomic E-state index is 13.3. The third kappa shape index (κ3) is 4.78. The van der Waals surface area contributed by atoms with Crippen molar-refractivity contribution in [2.24, 2.45) is 11.3 Å². The van der Waals surface area contributed by atoms with E-state index in [1.165, 1.54) is 11.3 Å². The number of likely N-dealkylation sites (tertiary alicyclic amines) is 1. The van der Waals surface area contributed by atoms with E-state index in [0.29, 0.717) is 5.91 Å². The summed E-state index contributed by atoms with van der Waals surface area (Å²) in [6, 6.07) is 21.0. The fourth-order valence-corrected chi connectivity index (χ4v) is 6.09. The first-order valence-electron chi connectivity index (χ1n) is 13.1. The van der Waals surface area contributed by atoms with Gasteiger partial charge in [-0.05, 0) is 67.6 Å². The van der Waals surface area contributed by atoms with Crippen molar-refractivity contribution in [3.05, 3.63) is 84.3 Å². The summed E-state index contributed by atoms with van der Waals surface area (Å²) in [5.41, 5.74) is 2.89. The fourth-order valence-electron chi connectivity index (χ4n) is 6.09. The predicted molar refractivity (Wildman–Crippen MR) is 137 cm³/mol. The van der Waals surface area contributed by atoms with Crippen LogP contribution in [0.2, 0.25) is 0 Å². The molecule has 3 aliphatic rings. The van der Waals surface area contributed by atoms with Gasteiger partial charge in [0.2, 0.25) is 5.91 Å². The standard InChI is InChI=1S/C29H35N5O/c35-28(33-19-17-32(18-20-33)22-24-7-2-1-3-8-24)26-21-29(26)11-15-31(16-12-29)23-25-9-6-14-34(25)27-10-4-5-13-30-27/h1-10,13-14,26H,11-12,15-23H2. The lowest BCUT2D eigenvalue weighted by molar-refractivity contribution is -0.135. The van der Waals surface area contributed by atoms with E-state index in [4.69, 9.17) is 0 Å². The largest absolute Gasteiger partial charge is 0.340 e. The lowest BCUT2D eigenvalue weighted by Gasteiger charge is -2.36. The van der Waals surface area contributed by atoms with Crippen LogP contribution in [0.1, 0.15) is 30.5 Å². The van der Waals surface area contributed by atoms with Crippen LogP contribution in [0.15, 0.2) is 73.1 Å². The molecule has 1 spiro atoms. The van der Waals surface area contributed by atoms with Crippen LogP contribution < -0.4 is 0 Å². The summed E-state index contributed by atoms with van der Waals surface area (Å²) in [4.78, 5) is 25.0. The SMILES string of the molecule is O=C(C1CC12CCN(Cc1cccn1-c1ccccn1)CC2)N1CCN(Cc2ccccc2)CC1. The molecule has 1 aromatic carbocycles. The lowest BCUT2D eigenvalue weighted by atomic mass is 9.90. The number of nitrogens with zero attached hydrogens (tertiary/aromatic N) is 5. The molecule has 3 aromatic rings. The van der Waals surface area contributed by atoms with Crippen LogP contribution in [0.5, 0.6) is 0 Å². The van der Waals surface area contributed by atoms with Crippen molar-refractivity contribution in [2.75, 3.05) is 39.3 Å². The molecule has 1 amide bonds. The monoisotopic (exact) mass is 469 g/mol. The van der Waals surface area contributed by atoms with Gasteiger partial charge in [0.25, 0.3) is 0 Å². The highest BCUT2D eigenvalue weighted by Gasteiger charge is 2.59. The van der Waals surface area contributed by atoms with Gasteiger partial charge >= 0.3 is 0 Å². The molecule has 0 N–H and O–H groups in total. The number of pyridine rings is 1. The minimum atomic E-state index is 0.253. The van der Waals surface area contributed by atoms with Crippen molar-refractivity contribution in [3.8, 4) is 5.82 Å². The average Bonchev–Trinajstić information content (AvgIpc) is 3.40. The van der Waals surface area contributed by atoms with E-state index < -0.39 is 0 Å². The van der Waals surface area contributed by atoms with Gasteiger partial charge in [-0.3, -0.25) is 14.6 Å². The number of carbonyl (C=O) groups excluding carboxylic acids is 1. The molecule has 2 aliphatic heterocycles. The minimum Gasteiger partial charge on any atom is -0.340 e. The van der Waals surface area contributed by atoms with Gasteiger partial charge < -0.3 is 9.47 Å². The molecule has 35 heavy (non-hydrogen) atoms. The van der Waals surface area contributed by atoms with Gasteiger partial charge in [-0.25, -0.2) is 4.98 Å². The highest BCUT2D eigenvalue weighted by atomic mass is 16.2. The van der Waals surface area contributed by atoms with Gasteiger partial charge in [0.15, 0.2) is 0 Å². The highest BCUT2D eigenvalue weighted by molar-refractivity contribution is 5.83. The first kappa shape index (κ1) is 22.5. The van der Waals surface area contributed by atoms with Crippen molar-refractivity contribution in [1.82, 2.24) is 24.3 Å². The maximum absolute atomic E-state index is 13.3. The van der Waals surface area contributed by atoms with E-state index in [2.05, 4.69) is 79.0 Å². The molecule has 1 atom stereocenters. The Morgan fingerprint density at radius 2 is 1.57 bits per heavy atom. The summed E-state index contributed by atoms with van der Waals surface area (Å²) in [7, 11) is 0. The second-order valence-electron chi connectivity index (χ2n) is 10.5. The summed E-state index contributed by atoms with van der Waals surface area (Å²) < 4.78 is 2.19. The van der Waals surface area contributed by atoms with E-state index in [1.54, 1.807) is 0 Å². The molecule has 0 bridgehead atoms. The molecule has 3 fully saturated rings. The van der Waals surface area contributed by atoms with Crippen LogP contribution in [-0.4, -0.2) is 69.4 Å². The van der Waals surface area contributed by atoms with Crippen LogP contribution in [0, 0.1) is 11.3 Å². The smallest absolute Gasteiger partial charge is 0.226 e. The Hall–Kier alpha value is -2.96. The molecule has 1 saturated carbocycles. The normalized spacial score (nSPS) is 22.4. The molecule has 6 nitrogen and oxygen atoms in total. The number of hydrogen-bond donors (Lipinski definition) is 0. The Labute approximate surface area is 208 Å². The van der Waals surface area contributed by atoms with Crippen LogP contribution >= 0.6 is 0 Å². The lowest BCUT2D eigenvalue weighted by Crippen LogP contribution is -2.49. The molecule has 1 aliphatic carbocycles.